The Morgan fingerprint density at radius 2 is 1.56 bits per heavy atom. The number of benzene rings is 3. The average Bonchev–Trinajstić information content (AvgIpc) is 2.73. The molecule has 0 saturated carbocycles. The lowest BCUT2D eigenvalue weighted by Gasteiger charge is -2.13. The molecule has 0 atom stereocenters. The predicted octanol–water partition coefficient (Wildman–Crippen LogP) is 4.63. The van der Waals surface area contributed by atoms with Crippen LogP contribution in [0.3, 0.4) is 0 Å². The van der Waals surface area contributed by atoms with Gasteiger partial charge in [0.15, 0.2) is 18.7 Å². The molecule has 0 aliphatic rings. The van der Waals surface area contributed by atoms with E-state index in [1.807, 2.05) is 54.6 Å². The fourth-order valence-corrected chi connectivity index (χ4v) is 3.41. The third-order valence-corrected chi connectivity index (χ3v) is 4.69. The molecule has 4 nitrogen and oxygen atoms in total. The SMILES string of the molecule is COc1ccc(-c2cccc3cccc(-c4cc[n+]([O-])cc4)c23)cc1C=O. The molecule has 132 valence electrons. The molecule has 0 unspecified atom stereocenters. The van der Waals surface area contributed by atoms with Crippen molar-refractivity contribution in [1.82, 2.24) is 0 Å². The Labute approximate surface area is 156 Å². The van der Waals surface area contributed by atoms with Gasteiger partial charge in [0.1, 0.15) is 5.75 Å². The second-order valence-corrected chi connectivity index (χ2v) is 6.23. The van der Waals surface area contributed by atoms with E-state index in [0.717, 1.165) is 44.0 Å². The van der Waals surface area contributed by atoms with E-state index in [4.69, 9.17) is 4.74 Å². The Morgan fingerprint density at radius 3 is 2.19 bits per heavy atom. The maximum absolute atomic E-state index is 11.4. The second kappa shape index (κ2) is 6.92. The van der Waals surface area contributed by atoms with Crippen LogP contribution in [0.25, 0.3) is 33.0 Å². The van der Waals surface area contributed by atoms with Crippen LogP contribution in [0.1, 0.15) is 10.4 Å². The minimum absolute atomic E-state index is 0.511. The smallest absolute Gasteiger partial charge is 0.180 e. The number of pyridine rings is 1. The van der Waals surface area contributed by atoms with E-state index in [2.05, 4.69) is 12.1 Å². The van der Waals surface area contributed by atoms with Gasteiger partial charge in [0, 0.05) is 12.1 Å². The summed E-state index contributed by atoms with van der Waals surface area (Å²) < 4.78 is 6.03. The zero-order valence-electron chi connectivity index (χ0n) is 14.8. The monoisotopic (exact) mass is 355 g/mol. The van der Waals surface area contributed by atoms with Crippen LogP contribution in [0.4, 0.5) is 0 Å². The Bertz CT molecular complexity index is 1130. The Morgan fingerprint density at radius 1 is 0.889 bits per heavy atom. The lowest BCUT2D eigenvalue weighted by Crippen LogP contribution is -2.23. The first-order valence-corrected chi connectivity index (χ1v) is 8.56. The topological polar surface area (TPSA) is 53.2 Å². The largest absolute Gasteiger partial charge is 0.619 e. The molecule has 4 heteroatoms. The summed E-state index contributed by atoms with van der Waals surface area (Å²) in [5.41, 5.74) is 4.46. The molecule has 0 amide bonds. The quantitative estimate of drug-likeness (QED) is 0.305. The lowest BCUT2D eigenvalue weighted by atomic mass is 9.91. The van der Waals surface area contributed by atoms with E-state index >= 15 is 0 Å². The molecule has 27 heavy (non-hydrogen) atoms. The van der Waals surface area contributed by atoms with E-state index in [9.17, 15) is 10.0 Å². The average molecular weight is 355 g/mol. The zero-order chi connectivity index (χ0) is 18.8. The van der Waals surface area contributed by atoms with Gasteiger partial charge >= 0.3 is 0 Å². The van der Waals surface area contributed by atoms with Crippen molar-refractivity contribution in [3.8, 4) is 28.0 Å². The van der Waals surface area contributed by atoms with E-state index in [1.54, 1.807) is 7.11 Å². The first-order valence-electron chi connectivity index (χ1n) is 8.56. The number of nitrogens with zero attached hydrogens (tertiary/aromatic N) is 1. The summed E-state index contributed by atoms with van der Waals surface area (Å²) >= 11 is 0. The van der Waals surface area contributed by atoms with Crippen LogP contribution in [0.15, 0.2) is 79.1 Å². The van der Waals surface area contributed by atoms with E-state index in [0.29, 0.717) is 11.3 Å². The minimum atomic E-state index is 0.511. The standard InChI is InChI=1S/C23H17NO3/c1-27-22-9-8-18(14-19(22)15-25)21-7-3-5-17-4-2-6-20(23(17)21)16-10-12-24(26)13-11-16/h2-15H,1H3. The summed E-state index contributed by atoms with van der Waals surface area (Å²) in [6.45, 7) is 0. The number of hydrogen-bond acceptors (Lipinski definition) is 3. The molecular weight excluding hydrogens is 338 g/mol. The molecule has 0 N–H and O–H groups in total. The van der Waals surface area contributed by atoms with Crippen LogP contribution in [0.2, 0.25) is 0 Å². The number of aromatic nitrogens is 1. The molecule has 0 aliphatic carbocycles. The van der Waals surface area contributed by atoms with Crippen LogP contribution in [0, 0.1) is 5.21 Å². The third-order valence-electron chi connectivity index (χ3n) is 4.69. The summed E-state index contributed by atoms with van der Waals surface area (Å²) in [6, 6.07) is 21.4. The molecule has 0 aliphatic heterocycles. The lowest BCUT2D eigenvalue weighted by molar-refractivity contribution is -0.605. The van der Waals surface area contributed by atoms with Crippen LogP contribution in [-0.4, -0.2) is 13.4 Å². The van der Waals surface area contributed by atoms with Gasteiger partial charge in [0.25, 0.3) is 0 Å². The van der Waals surface area contributed by atoms with Gasteiger partial charge < -0.3 is 9.94 Å². The van der Waals surface area contributed by atoms with Crippen molar-refractivity contribution < 1.29 is 14.3 Å². The molecule has 1 heterocycles. The maximum Gasteiger partial charge on any atom is 0.180 e. The number of carbonyl (C=O) groups is 1. The number of fused-ring (bicyclic) bond motifs is 1. The third kappa shape index (κ3) is 3.02. The van der Waals surface area contributed by atoms with E-state index < -0.39 is 0 Å². The van der Waals surface area contributed by atoms with Gasteiger partial charge in [-0.2, -0.15) is 4.73 Å². The molecule has 4 aromatic rings. The number of rotatable bonds is 4. The molecule has 3 aromatic carbocycles. The molecule has 4 rings (SSSR count). The fraction of sp³-hybridized carbons (Fsp3) is 0.0435. The highest BCUT2D eigenvalue weighted by molar-refractivity contribution is 6.06. The van der Waals surface area contributed by atoms with Crippen LogP contribution >= 0.6 is 0 Å². The normalized spacial score (nSPS) is 10.7. The Balaban J connectivity index is 1.99. The van der Waals surface area contributed by atoms with Crippen LogP contribution in [-0.2, 0) is 0 Å². The number of methoxy groups -OCH3 is 1. The van der Waals surface area contributed by atoms with Crippen molar-refractivity contribution in [2.45, 2.75) is 0 Å². The van der Waals surface area contributed by atoms with Crippen molar-refractivity contribution in [2.75, 3.05) is 7.11 Å². The van der Waals surface area contributed by atoms with Crippen molar-refractivity contribution in [3.05, 3.63) is 89.9 Å². The minimum Gasteiger partial charge on any atom is -0.619 e. The summed E-state index contributed by atoms with van der Waals surface area (Å²) in [7, 11) is 1.55. The number of hydrogen-bond donors (Lipinski definition) is 0. The van der Waals surface area contributed by atoms with Crippen molar-refractivity contribution in [2.24, 2.45) is 0 Å². The van der Waals surface area contributed by atoms with Crippen LogP contribution < -0.4 is 9.47 Å². The zero-order valence-corrected chi connectivity index (χ0v) is 14.8. The molecule has 0 radical (unpaired) electrons. The van der Waals surface area contributed by atoms with Crippen molar-refractivity contribution in [3.63, 3.8) is 0 Å². The highest BCUT2D eigenvalue weighted by Crippen LogP contribution is 2.37. The number of carbonyl (C=O) groups excluding carboxylic acids is 1. The fourth-order valence-electron chi connectivity index (χ4n) is 3.41. The molecule has 0 fully saturated rings. The van der Waals surface area contributed by atoms with Gasteiger partial charge in [0.2, 0.25) is 0 Å². The summed E-state index contributed by atoms with van der Waals surface area (Å²) in [5.74, 6) is 0.553. The van der Waals surface area contributed by atoms with Gasteiger partial charge in [-0.3, -0.25) is 4.79 Å². The summed E-state index contributed by atoms with van der Waals surface area (Å²) in [4.78, 5) is 11.4. The van der Waals surface area contributed by atoms with Gasteiger partial charge in [-0.1, -0.05) is 42.5 Å². The van der Waals surface area contributed by atoms with Crippen molar-refractivity contribution in [1.29, 1.82) is 0 Å². The first-order chi connectivity index (χ1) is 13.2. The molecule has 0 spiro atoms. The van der Waals surface area contributed by atoms with Gasteiger partial charge in [0.05, 0.1) is 12.7 Å². The summed E-state index contributed by atoms with van der Waals surface area (Å²) in [6.07, 6.45) is 3.79. The van der Waals surface area contributed by atoms with E-state index in [1.165, 1.54) is 12.4 Å². The molecular formula is C23H17NO3. The van der Waals surface area contributed by atoms with Gasteiger partial charge in [-0.25, -0.2) is 0 Å². The van der Waals surface area contributed by atoms with Crippen LogP contribution in [0.5, 0.6) is 5.75 Å². The molecule has 0 bridgehead atoms. The number of aldehydes is 1. The predicted molar refractivity (Wildman–Crippen MR) is 106 cm³/mol. The Kier molecular flexibility index (Phi) is 4.30. The summed E-state index contributed by atoms with van der Waals surface area (Å²) in [5, 5.41) is 13.6. The Hall–Kier alpha value is -3.66. The molecule has 0 saturated heterocycles. The number of ether oxygens (including phenoxy) is 1. The maximum atomic E-state index is 11.4. The van der Waals surface area contributed by atoms with Gasteiger partial charge in [-0.15, -0.1) is 0 Å². The second-order valence-electron chi connectivity index (χ2n) is 6.23. The van der Waals surface area contributed by atoms with Gasteiger partial charge in [-0.05, 0) is 45.2 Å². The van der Waals surface area contributed by atoms with Crippen molar-refractivity contribution >= 4 is 17.1 Å². The highest BCUT2D eigenvalue weighted by atomic mass is 16.5. The molecule has 1 aromatic heterocycles. The van der Waals surface area contributed by atoms with E-state index in [-0.39, 0.29) is 0 Å². The highest BCUT2D eigenvalue weighted by Gasteiger charge is 2.12. The first kappa shape index (κ1) is 16.8.